The van der Waals surface area contributed by atoms with Gasteiger partial charge in [-0.25, -0.2) is 4.79 Å². The molecule has 2 aliphatic rings. The molecule has 1 amide bonds. The summed E-state index contributed by atoms with van der Waals surface area (Å²) in [6.07, 6.45) is 0.230. The fraction of sp³-hybridized carbons (Fsp3) is 0.500. The van der Waals surface area contributed by atoms with Crippen LogP contribution in [0.4, 0.5) is 4.79 Å². The highest BCUT2D eigenvalue weighted by molar-refractivity contribution is 5.78. The predicted molar refractivity (Wildman–Crippen MR) is 41.8 cm³/mol. The van der Waals surface area contributed by atoms with Crippen molar-refractivity contribution in [3.8, 4) is 0 Å². The van der Waals surface area contributed by atoms with E-state index in [1.165, 1.54) is 0 Å². The van der Waals surface area contributed by atoms with Gasteiger partial charge in [0.05, 0.1) is 5.92 Å². The molecule has 0 aromatic carbocycles. The third-order valence-corrected chi connectivity index (χ3v) is 2.63. The van der Waals surface area contributed by atoms with E-state index in [1.807, 2.05) is 0 Å². The van der Waals surface area contributed by atoms with Crippen molar-refractivity contribution in [2.75, 3.05) is 0 Å². The molecule has 1 saturated carbocycles. The van der Waals surface area contributed by atoms with Crippen molar-refractivity contribution < 1.29 is 19.4 Å². The number of alkyl carbamates (subject to hydrolysis) is 1. The van der Waals surface area contributed by atoms with Gasteiger partial charge in [0.2, 0.25) is 0 Å². The van der Waals surface area contributed by atoms with Crippen molar-refractivity contribution in [1.82, 2.24) is 5.32 Å². The molecule has 0 aromatic rings. The molecule has 0 bridgehead atoms. The van der Waals surface area contributed by atoms with E-state index in [-0.39, 0.29) is 0 Å². The van der Waals surface area contributed by atoms with Gasteiger partial charge < -0.3 is 15.2 Å². The van der Waals surface area contributed by atoms with Gasteiger partial charge in [-0.05, 0) is 12.8 Å². The lowest BCUT2D eigenvalue weighted by molar-refractivity contribution is -0.146. The predicted octanol–water partition coefficient (Wildman–Crippen LogP) is 0.473. The summed E-state index contributed by atoms with van der Waals surface area (Å²) in [5.41, 5.74) is -0.597. The van der Waals surface area contributed by atoms with Crippen LogP contribution in [0.3, 0.4) is 0 Å². The van der Waals surface area contributed by atoms with Crippen LogP contribution in [-0.4, -0.2) is 22.7 Å². The number of nitrogens with one attached hydrogen (secondary N) is 1. The monoisotopic (exact) mass is 183 g/mol. The number of carboxylic acids is 1. The van der Waals surface area contributed by atoms with Crippen molar-refractivity contribution in [2.45, 2.75) is 18.4 Å². The highest BCUT2D eigenvalue weighted by atomic mass is 16.6. The summed E-state index contributed by atoms with van der Waals surface area (Å²) in [7, 11) is 0. The van der Waals surface area contributed by atoms with Crippen LogP contribution in [0, 0.1) is 5.92 Å². The minimum atomic E-state index is -0.834. The van der Waals surface area contributed by atoms with Gasteiger partial charge in [-0.2, -0.15) is 0 Å². The Morgan fingerprint density at radius 1 is 1.69 bits per heavy atom. The highest BCUT2D eigenvalue weighted by Crippen LogP contribution is 2.45. The molecular weight excluding hydrogens is 174 g/mol. The van der Waals surface area contributed by atoms with Crippen molar-refractivity contribution in [3.63, 3.8) is 0 Å². The van der Waals surface area contributed by atoms with Crippen molar-refractivity contribution >= 4 is 12.1 Å². The van der Waals surface area contributed by atoms with Crippen LogP contribution in [0.2, 0.25) is 0 Å². The van der Waals surface area contributed by atoms with Crippen molar-refractivity contribution in [2.24, 2.45) is 5.92 Å². The van der Waals surface area contributed by atoms with Gasteiger partial charge in [0.1, 0.15) is 11.3 Å². The summed E-state index contributed by atoms with van der Waals surface area (Å²) >= 11 is 0. The van der Waals surface area contributed by atoms with Gasteiger partial charge in [0.25, 0.3) is 0 Å². The molecule has 1 saturated heterocycles. The third-order valence-electron chi connectivity index (χ3n) is 2.63. The number of amides is 1. The number of carbonyl (C=O) groups is 2. The zero-order valence-corrected chi connectivity index (χ0v) is 6.87. The molecule has 1 aliphatic carbocycles. The van der Waals surface area contributed by atoms with Gasteiger partial charge in [0, 0.05) is 0 Å². The maximum atomic E-state index is 10.8. The van der Waals surface area contributed by atoms with Crippen LogP contribution in [0.15, 0.2) is 12.3 Å². The fourth-order valence-corrected chi connectivity index (χ4v) is 1.79. The second-order valence-corrected chi connectivity index (χ2v) is 3.46. The van der Waals surface area contributed by atoms with Gasteiger partial charge in [0.15, 0.2) is 0 Å². The topological polar surface area (TPSA) is 75.6 Å². The number of cyclic esters (lactones) is 1. The Morgan fingerprint density at radius 2 is 2.31 bits per heavy atom. The Morgan fingerprint density at radius 3 is 2.69 bits per heavy atom. The Hall–Kier alpha value is -1.52. The number of ether oxygens (including phenoxy) is 1. The molecule has 0 atom stereocenters. The average Bonchev–Trinajstić information content (AvgIpc) is 2.21. The van der Waals surface area contributed by atoms with Crippen molar-refractivity contribution in [3.05, 3.63) is 12.3 Å². The Kier molecular flexibility index (Phi) is 1.40. The normalized spacial score (nSPS) is 36.8. The minimum absolute atomic E-state index is 0.343. The Labute approximate surface area is 74.4 Å². The molecule has 0 radical (unpaired) electrons. The summed E-state index contributed by atoms with van der Waals surface area (Å²) in [6, 6.07) is 0. The van der Waals surface area contributed by atoms with Gasteiger partial charge >= 0.3 is 12.1 Å². The summed E-state index contributed by atoms with van der Waals surface area (Å²) in [6.45, 7) is 3.58. The van der Waals surface area contributed by atoms with E-state index in [1.54, 1.807) is 0 Å². The standard InChI is InChI=1S/C8H9NO4/c1-4-8(9-7(12)13-4)2-5(3-8)6(10)11/h5H,1-3H2,(H,9,12)(H,10,11). The van der Waals surface area contributed by atoms with Crippen LogP contribution >= 0.6 is 0 Å². The molecule has 1 spiro atoms. The first-order valence-corrected chi connectivity index (χ1v) is 3.96. The zero-order valence-electron chi connectivity index (χ0n) is 6.87. The number of aliphatic carboxylic acids is 1. The van der Waals surface area contributed by atoms with E-state index in [4.69, 9.17) is 9.84 Å². The maximum absolute atomic E-state index is 10.8. The second kappa shape index (κ2) is 2.25. The van der Waals surface area contributed by atoms with Crippen LogP contribution in [0.5, 0.6) is 0 Å². The van der Waals surface area contributed by atoms with E-state index >= 15 is 0 Å². The van der Waals surface area contributed by atoms with Crippen LogP contribution < -0.4 is 5.32 Å². The van der Waals surface area contributed by atoms with E-state index in [9.17, 15) is 9.59 Å². The SMILES string of the molecule is C=C1OC(=O)NC12CC(C(=O)O)C2. The molecular formula is C8H9NO4. The number of carboxylic acid groups (broad SMARTS) is 1. The second-order valence-electron chi connectivity index (χ2n) is 3.46. The fourth-order valence-electron chi connectivity index (χ4n) is 1.79. The Bertz CT molecular complexity index is 303. The third kappa shape index (κ3) is 0.998. The van der Waals surface area contributed by atoms with E-state index < -0.39 is 23.5 Å². The lowest BCUT2D eigenvalue weighted by Gasteiger charge is -2.40. The molecule has 1 aliphatic heterocycles. The molecule has 0 aromatic heterocycles. The zero-order chi connectivity index (χ0) is 9.64. The molecule has 0 unspecified atom stereocenters. The van der Waals surface area contributed by atoms with Gasteiger partial charge in [-0.3, -0.25) is 4.79 Å². The minimum Gasteiger partial charge on any atom is -0.481 e. The molecule has 2 N–H and O–H groups in total. The number of hydrogen-bond acceptors (Lipinski definition) is 3. The van der Waals surface area contributed by atoms with E-state index in [0.29, 0.717) is 18.6 Å². The van der Waals surface area contributed by atoms with Gasteiger partial charge in [-0.15, -0.1) is 0 Å². The summed E-state index contributed by atoms with van der Waals surface area (Å²) in [4.78, 5) is 21.3. The van der Waals surface area contributed by atoms with E-state index in [0.717, 1.165) is 0 Å². The molecule has 5 heteroatoms. The average molecular weight is 183 g/mol. The number of hydrogen-bond donors (Lipinski definition) is 2. The summed E-state index contributed by atoms with van der Waals surface area (Å²) in [5.74, 6) is -0.881. The van der Waals surface area contributed by atoms with Gasteiger partial charge in [-0.1, -0.05) is 6.58 Å². The van der Waals surface area contributed by atoms with Crippen LogP contribution in [0.25, 0.3) is 0 Å². The summed E-state index contributed by atoms with van der Waals surface area (Å²) < 4.78 is 4.71. The first-order valence-electron chi connectivity index (χ1n) is 3.96. The molecule has 2 fully saturated rings. The number of carbonyl (C=O) groups excluding carboxylic acids is 1. The lowest BCUT2D eigenvalue weighted by atomic mass is 9.68. The maximum Gasteiger partial charge on any atom is 0.413 e. The molecule has 2 rings (SSSR count). The molecule has 5 nitrogen and oxygen atoms in total. The van der Waals surface area contributed by atoms with Crippen molar-refractivity contribution in [1.29, 1.82) is 0 Å². The van der Waals surface area contributed by atoms with E-state index in [2.05, 4.69) is 11.9 Å². The first kappa shape index (κ1) is 8.10. The lowest BCUT2D eigenvalue weighted by Crippen LogP contribution is -2.55. The Balaban J connectivity index is 2.07. The smallest absolute Gasteiger partial charge is 0.413 e. The number of rotatable bonds is 1. The first-order chi connectivity index (χ1) is 6.03. The molecule has 13 heavy (non-hydrogen) atoms. The highest BCUT2D eigenvalue weighted by Gasteiger charge is 2.55. The summed E-state index contributed by atoms with van der Waals surface area (Å²) in [5, 5.41) is 11.2. The quantitative estimate of drug-likeness (QED) is 0.619. The largest absolute Gasteiger partial charge is 0.481 e. The van der Waals surface area contributed by atoms with Crippen LogP contribution in [-0.2, 0) is 9.53 Å². The van der Waals surface area contributed by atoms with Crippen LogP contribution in [0.1, 0.15) is 12.8 Å². The molecule has 1 heterocycles. The molecule has 70 valence electrons.